The highest BCUT2D eigenvalue weighted by Crippen LogP contribution is 2.16. The van der Waals surface area contributed by atoms with E-state index >= 15 is 0 Å². The number of aromatic nitrogens is 2. The number of nitrogens with zero attached hydrogens (tertiary/aromatic N) is 4. The van der Waals surface area contributed by atoms with E-state index in [-0.39, 0.29) is 0 Å². The predicted molar refractivity (Wildman–Crippen MR) is 95.5 cm³/mol. The third-order valence-corrected chi connectivity index (χ3v) is 4.69. The lowest BCUT2D eigenvalue weighted by atomic mass is 10.0. The molecule has 1 aliphatic heterocycles. The van der Waals surface area contributed by atoms with Crippen molar-refractivity contribution in [2.45, 2.75) is 51.6 Å². The Kier molecular flexibility index (Phi) is 7.39. The van der Waals surface area contributed by atoms with Gasteiger partial charge < -0.3 is 15.5 Å². The summed E-state index contributed by atoms with van der Waals surface area (Å²) in [7, 11) is 3.77. The second-order valence-electron chi connectivity index (χ2n) is 6.39. The van der Waals surface area contributed by atoms with Crippen molar-refractivity contribution in [1.29, 1.82) is 0 Å². The number of rotatable bonds is 7. The minimum atomic E-state index is 0.738. The van der Waals surface area contributed by atoms with Crippen molar-refractivity contribution in [2.75, 3.05) is 26.7 Å². The minimum Gasteiger partial charge on any atom is -0.356 e. The summed E-state index contributed by atoms with van der Waals surface area (Å²) in [4.78, 5) is 6.91. The van der Waals surface area contributed by atoms with E-state index in [1.165, 1.54) is 45.2 Å². The highest BCUT2D eigenvalue weighted by atomic mass is 15.3. The zero-order chi connectivity index (χ0) is 16.5. The molecule has 1 saturated heterocycles. The van der Waals surface area contributed by atoms with Crippen molar-refractivity contribution < 1.29 is 0 Å². The first-order chi connectivity index (χ1) is 11.2. The van der Waals surface area contributed by atoms with Gasteiger partial charge in [-0.05, 0) is 51.8 Å². The monoisotopic (exact) mass is 320 g/mol. The van der Waals surface area contributed by atoms with Crippen LogP contribution in [0.4, 0.5) is 0 Å². The van der Waals surface area contributed by atoms with Crippen molar-refractivity contribution in [1.82, 2.24) is 25.3 Å². The van der Waals surface area contributed by atoms with Crippen LogP contribution < -0.4 is 10.6 Å². The van der Waals surface area contributed by atoms with Gasteiger partial charge in [-0.3, -0.25) is 9.67 Å². The number of likely N-dealkylation sites (tertiary alicyclic amines) is 1. The molecular formula is C17H32N6. The summed E-state index contributed by atoms with van der Waals surface area (Å²) in [5, 5.41) is 10.9. The van der Waals surface area contributed by atoms with Crippen LogP contribution in [0.15, 0.2) is 17.3 Å². The topological polar surface area (TPSA) is 57.5 Å². The van der Waals surface area contributed by atoms with Crippen LogP contribution in [-0.2, 0) is 13.6 Å². The fourth-order valence-corrected chi connectivity index (χ4v) is 3.11. The SMILES string of the molecule is CN=C(NCCCCN1CCCCC1C)NCc1ccnn1C. The molecule has 1 atom stereocenters. The van der Waals surface area contributed by atoms with E-state index < -0.39 is 0 Å². The molecule has 1 fully saturated rings. The number of aryl methyl sites for hydroxylation is 1. The van der Waals surface area contributed by atoms with E-state index in [4.69, 9.17) is 0 Å². The number of piperidine rings is 1. The van der Waals surface area contributed by atoms with Gasteiger partial charge in [-0.2, -0.15) is 5.10 Å². The minimum absolute atomic E-state index is 0.738. The van der Waals surface area contributed by atoms with Crippen molar-refractivity contribution in [3.05, 3.63) is 18.0 Å². The quantitative estimate of drug-likeness (QED) is 0.456. The van der Waals surface area contributed by atoms with Crippen LogP contribution in [0.3, 0.4) is 0 Å². The lowest BCUT2D eigenvalue weighted by Gasteiger charge is -2.33. The Hall–Kier alpha value is -1.56. The maximum atomic E-state index is 4.27. The summed E-state index contributed by atoms with van der Waals surface area (Å²) in [6.45, 7) is 6.57. The summed E-state index contributed by atoms with van der Waals surface area (Å²) in [6, 6.07) is 2.78. The van der Waals surface area contributed by atoms with E-state index in [1.807, 2.05) is 31.0 Å². The number of guanidine groups is 1. The Morgan fingerprint density at radius 2 is 2.22 bits per heavy atom. The Morgan fingerprint density at radius 1 is 1.35 bits per heavy atom. The molecule has 0 aromatic carbocycles. The molecule has 0 radical (unpaired) electrons. The maximum Gasteiger partial charge on any atom is 0.191 e. The average Bonchev–Trinajstić information content (AvgIpc) is 2.97. The van der Waals surface area contributed by atoms with Crippen molar-refractivity contribution >= 4 is 5.96 Å². The molecule has 0 spiro atoms. The van der Waals surface area contributed by atoms with Crippen LogP contribution in [0, 0.1) is 0 Å². The first kappa shape index (κ1) is 17.8. The Balaban J connectivity index is 1.58. The lowest BCUT2D eigenvalue weighted by molar-refractivity contribution is 0.158. The van der Waals surface area contributed by atoms with Crippen molar-refractivity contribution in [2.24, 2.45) is 12.0 Å². The van der Waals surface area contributed by atoms with Crippen LogP contribution in [0.25, 0.3) is 0 Å². The number of hydrogen-bond donors (Lipinski definition) is 2. The van der Waals surface area contributed by atoms with Crippen LogP contribution in [0.2, 0.25) is 0 Å². The van der Waals surface area contributed by atoms with Gasteiger partial charge in [0.1, 0.15) is 0 Å². The van der Waals surface area contributed by atoms with Crippen LogP contribution in [0.1, 0.15) is 44.7 Å². The molecule has 0 amide bonds. The third kappa shape index (κ3) is 5.86. The number of unbranched alkanes of at least 4 members (excludes halogenated alkanes) is 1. The average molecular weight is 320 g/mol. The number of aliphatic imine (C=N–C) groups is 1. The number of nitrogens with one attached hydrogen (secondary N) is 2. The summed E-state index contributed by atoms with van der Waals surface area (Å²) in [6.07, 6.45) is 8.37. The lowest BCUT2D eigenvalue weighted by Crippen LogP contribution is -2.39. The first-order valence-electron chi connectivity index (χ1n) is 8.86. The molecule has 1 aromatic rings. The van der Waals surface area contributed by atoms with E-state index in [2.05, 4.69) is 32.5 Å². The second kappa shape index (κ2) is 9.55. The van der Waals surface area contributed by atoms with Gasteiger partial charge in [0.05, 0.1) is 12.2 Å². The molecule has 1 unspecified atom stereocenters. The zero-order valence-corrected chi connectivity index (χ0v) is 14.9. The predicted octanol–water partition coefficient (Wildman–Crippen LogP) is 1.74. The molecule has 0 aliphatic carbocycles. The van der Waals surface area contributed by atoms with Crippen LogP contribution in [0.5, 0.6) is 0 Å². The van der Waals surface area contributed by atoms with Crippen LogP contribution in [-0.4, -0.2) is 53.4 Å². The summed E-state index contributed by atoms with van der Waals surface area (Å²) in [5.74, 6) is 0.859. The Bertz CT molecular complexity index is 481. The van der Waals surface area contributed by atoms with Gasteiger partial charge in [0.15, 0.2) is 5.96 Å². The fraction of sp³-hybridized carbons (Fsp3) is 0.765. The molecule has 23 heavy (non-hydrogen) atoms. The van der Waals surface area contributed by atoms with Crippen molar-refractivity contribution in [3.63, 3.8) is 0 Å². The molecule has 1 aliphatic rings. The Morgan fingerprint density at radius 3 is 2.91 bits per heavy atom. The zero-order valence-electron chi connectivity index (χ0n) is 14.9. The smallest absolute Gasteiger partial charge is 0.191 e. The highest BCUT2D eigenvalue weighted by Gasteiger charge is 2.16. The largest absolute Gasteiger partial charge is 0.356 e. The van der Waals surface area contributed by atoms with Gasteiger partial charge >= 0.3 is 0 Å². The van der Waals surface area contributed by atoms with E-state index in [0.717, 1.165) is 30.8 Å². The molecule has 0 bridgehead atoms. The highest BCUT2D eigenvalue weighted by molar-refractivity contribution is 5.79. The molecule has 130 valence electrons. The molecule has 6 heteroatoms. The second-order valence-corrected chi connectivity index (χ2v) is 6.39. The van der Waals surface area contributed by atoms with Gasteiger partial charge in [0, 0.05) is 32.9 Å². The normalized spacial score (nSPS) is 19.8. The van der Waals surface area contributed by atoms with E-state index in [0.29, 0.717) is 0 Å². The molecule has 1 aromatic heterocycles. The first-order valence-corrected chi connectivity index (χ1v) is 8.86. The van der Waals surface area contributed by atoms with E-state index in [1.54, 1.807) is 0 Å². The van der Waals surface area contributed by atoms with Gasteiger partial charge in [0.2, 0.25) is 0 Å². The van der Waals surface area contributed by atoms with Gasteiger partial charge in [-0.1, -0.05) is 6.42 Å². The van der Waals surface area contributed by atoms with Gasteiger partial charge in [-0.15, -0.1) is 0 Å². The molecule has 2 N–H and O–H groups in total. The van der Waals surface area contributed by atoms with Gasteiger partial charge in [0.25, 0.3) is 0 Å². The summed E-state index contributed by atoms with van der Waals surface area (Å²) in [5.41, 5.74) is 1.15. The maximum absolute atomic E-state index is 4.27. The van der Waals surface area contributed by atoms with Gasteiger partial charge in [-0.25, -0.2) is 0 Å². The number of hydrogen-bond acceptors (Lipinski definition) is 3. The molecule has 6 nitrogen and oxygen atoms in total. The summed E-state index contributed by atoms with van der Waals surface area (Å²) >= 11 is 0. The molecular weight excluding hydrogens is 288 g/mol. The van der Waals surface area contributed by atoms with Crippen molar-refractivity contribution in [3.8, 4) is 0 Å². The molecule has 0 saturated carbocycles. The fourth-order valence-electron chi connectivity index (χ4n) is 3.11. The Labute approximate surface area is 140 Å². The molecule has 2 rings (SSSR count). The molecule has 2 heterocycles. The summed E-state index contributed by atoms with van der Waals surface area (Å²) < 4.78 is 1.88. The van der Waals surface area contributed by atoms with Crippen LogP contribution >= 0.6 is 0 Å². The standard InChI is InChI=1S/C17H32N6/c1-15-8-4-6-12-23(15)13-7-5-10-19-17(18-2)20-14-16-9-11-21-22(16)3/h9,11,15H,4-8,10,12-14H2,1-3H3,(H2,18,19,20). The third-order valence-electron chi connectivity index (χ3n) is 4.69. The van der Waals surface area contributed by atoms with E-state index in [9.17, 15) is 0 Å².